The fraction of sp³-hybridized carbons (Fsp3) is 0.190. The fourth-order valence-corrected chi connectivity index (χ4v) is 3.13. The van der Waals surface area contributed by atoms with E-state index in [2.05, 4.69) is 5.10 Å². The molecule has 6 nitrogen and oxygen atoms in total. The Hall–Kier alpha value is -3.83. The van der Waals surface area contributed by atoms with Gasteiger partial charge >= 0.3 is 12.4 Å². The number of carbonyl (C=O) groups excluding carboxylic acids is 2. The molecule has 0 aliphatic rings. The summed E-state index contributed by atoms with van der Waals surface area (Å²) in [5, 5.41) is 5.97. The SMILES string of the molecule is Cc1c(C(=CC(=O)NC=O)c2ccco2)cnn1Cc1ccc(C(F)(F)F)cc1C(F)(F)F. The molecule has 33 heavy (non-hydrogen) atoms. The van der Waals surface area contributed by atoms with Crippen molar-refractivity contribution in [3.05, 3.63) is 82.6 Å². The summed E-state index contributed by atoms with van der Waals surface area (Å²) in [6, 6.07) is 4.45. The molecule has 2 aromatic heterocycles. The van der Waals surface area contributed by atoms with Crippen LogP contribution in [0, 0.1) is 6.92 Å². The van der Waals surface area contributed by atoms with Crippen molar-refractivity contribution in [2.45, 2.75) is 25.8 Å². The highest BCUT2D eigenvalue weighted by atomic mass is 19.4. The first-order valence-electron chi connectivity index (χ1n) is 9.21. The standard InChI is InChI=1S/C21H15F6N3O3/c1-12-16(15(8-19(32)28-11-31)18-3-2-6-33-18)9-29-30(12)10-13-4-5-14(20(22,23)24)7-17(13)21(25,26)27/h2-9,11H,10H2,1H3,(H,28,31,32). The molecular weight excluding hydrogens is 456 g/mol. The molecule has 12 heteroatoms. The van der Waals surface area contributed by atoms with Crippen LogP contribution in [0.25, 0.3) is 5.57 Å². The summed E-state index contributed by atoms with van der Waals surface area (Å²) >= 11 is 0. The molecule has 3 rings (SSSR count). The maximum absolute atomic E-state index is 13.5. The summed E-state index contributed by atoms with van der Waals surface area (Å²) in [5.74, 6) is -0.546. The number of carbonyl (C=O) groups is 2. The summed E-state index contributed by atoms with van der Waals surface area (Å²) in [4.78, 5) is 22.4. The number of alkyl halides is 6. The third kappa shape index (κ3) is 5.33. The van der Waals surface area contributed by atoms with Crippen LogP contribution in [0.15, 0.2) is 53.3 Å². The highest BCUT2D eigenvalue weighted by molar-refractivity contribution is 6.02. The van der Waals surface area contributed by atoms with E-state index < -0.39 is 41.5 Å². The zero-order chi connectivity index (χ0) is 24.4. The number of nitrogens with zero attached hydrogens (tertiary/aromatic N) is 2. The zero-order valence-electron chi connectivity index (χ0n) is 16.8. The van der Waals surface area contributed by atoms with Crippen molar-refractivity contribution >= 4 is 17.9 Å². The Labute approximate surface area is 182 Å². The molecule has 2 heterocycles. The maximum Gasteiger partial charge on any atom is 0.416 e. The molecule has 174 valence electrons. The van der Waals surface area contributed by atoms with E-state index in [0.717, 1.165) is 16.8 Å². The lowest BCUT2D eigenvalue weighted by Crippen LogP contribution is -2.19. The Morgan fingerprint density at radius 3 is 2.45 bits per heavy atom. The lowest BCUT2D eigenvalue weighted by molar-refractivity contribution is -0.143. The van der Waals surface area contributed by atoms with Gasteiger partial charge in [-0.3, -0.25) is 19.6 Å². The Balaban J connectivity index is 2.04. The van der Waals surface area contributed by atoms with Crippen LogP contribution in [0.3, 0.4) is 0 Å². The van der Waals surface area contributed by atoms with E-state index in [1.54, 1.807) is 6.07 Å². The van der Waals surface area contributed by atoms with E-state index in [1.807, 2.05) is 5.32 Å². The second kappa shape index (κ2) is 8.96. The van der Waals surface area contributed by atoms with Gasteiger partial charge in [0.1, 0.15) is 5.76 Å². The highest BCUT2D eigenvalue weighted by Gasteiger charge is 2.38. The summed E-state index contributed by atoms with van der Waals surface area (Å²) in [6.07, 6.45) is -6.11. The number of rotatable bonds is 6. The first-order valence-corrected chi connectivity index (χ1v) is 9.21. The van der Waals surface area contributed by atoms with Crippen LogP contribution < -0.4 is 5.32 Å². The summed E-state index contributed by atoms with van der Waals surface area (Å²) in [7, 11) is 0. The van der Waals surface area contributed by atoms with Gasteiger partial charge in [-0.05, 0) is 36.8 Å². The predicted molar refractivity (Wildman–Crippen MR) is 103 cm³/mol. The number of hydrogen-bond acceptors (Lipinski definition) is 4. The van der Waals surface area contributed by atoms with Crippen LogP contribution in [-0.2, 0) is 28.5 Å². The average Bonchev–Trinajstić information content (AvgIpc) is 3.36. The number of furan rings is 1. The van der Waals surface area contributed by atoms with Gasteiger partial charge in [0.25, 0.3) is 5.91 Å². The Morgan fingerprint density at radius 1 is 1.15 bits per heavy atom. The number of nitrogens with one attached hydrogen (secondary N) is 1. The molecule has 0 aliphatic carbocycles. The van der Waals surface area contributed by atoms with Crippen LogP contribution in [-0.4, -0.2) is 22.1 Å². The monoisotopic (exact) mass is 471 g/mol. The topological polar surface area (TPSA) is 77.1 Å². The molecule has 0 fully saturated rings. The minimum atomic E-state index is -5.02. The molecule has 0 radical (unpaired) electrons. The molecule has 0 spiro atoms. The van der Waals surface area contributed by atoms with Gasteiger partial charge in [0.05, 0.1) is 30.1 Å². The Bertz CT molecular complexity index is 1190. The van der Waals surface area contributed by atoms with Gasteiger partial charge in [0.15, 0.2) is 0 Å². The molecule has 0 saturated carbocycles. The number of imide groups is 1. The lowest BCUT2D eigenvalue weighted by atomic mass is 10.0. The van der Waals surface area contributed by atoms with Gasteiger partial charge in [-0.15, -0.1) is 0 Å². The van der Waals surface area contributed by atoms with Crippen molar-refractivity contribution in [1.82, 2.24) is 15.1 Å². The molecule has 0 atom stereocenters. The first kappa shape index (κ1) is 23.8. The third-order valence-corrected chi connectivity index (χ3v) is 4.72. The van der Waals surface area contributed by atoms with Crippen LogP contribution in [0.4, 0.5) is 26.3 Å². The fourth-order valence-electron chi connectivity index (χ4n) is 3.13. The molecule has 0 unspecified atom stereocenters. The molecule has 3 aromatic rings. The van der Waals surface area contributed by atoms with Crippen LogP contribution in [0.5, 0.6) is 0 Å². The lowest BCUT2D eigenvalue weighted by Gasteiger charge is -2.16. The predicted octanol–water partition coefficient (Wildman–Crippen LogP) is 4.57. The number of halogens is 6. The smallest absolute Gasteiger partial charge is 0.416 e. The van der Waals surface area contributed by atoms with Gasteiger partial charge in [-0.2, -0.15) is 31.4 Å². The average molecular weight is 471 g/mol. The van der Waals surface area contributed by atoms with Gasteiger partial charge in [0.2, 0.25) is 6.41 Å². The van der Waals surface area contributed by atoms with E-state index >= 15 is 0 Å². The van der Waals surface area contributed by atoms with E-state index in [9.17, 15) is 35.9 Å². The summed E-state index contributed by atoms with van der Waals surface area (Å²) in [5.41, 5.74) is -2.44. The van der Waals surface area contributed by atoms with Crippen molar-refractivity contribution in [2.75, 3.05) is 0 Å². The molecule has 0 bridgehead atoms. The maximum atomic E-state index is 13.5. The van der Waals surface area contributed by atoms with Crippen molar-refractivity contribution in [3.8, 4) is 0 Å². The van der Waals surface area contributed by atoms with Gasteiger partial charge in [-0.1, -0.05) is 6.07 Å². The van der Waals surface area contributed by atoms with Crippen molar-refractivity contribution in [3.63, 3.8) is 0 Å². The largest absolute Gasteiger partial charge is 0.464 e. The number of aromatic nitrogens is 2. The molecule has 0 aliphatic heterocycles. The normalized spacial score (nSPS) is 12.6. The van der Waals surface area contributed by atoms with E-state index in [0.29, 0.717) is 17.3 Å². The molecule has 0 saturated heterocycles. The quantitative estimate of drug-likeness (QED) is 0.325. The van der Waals surface area contributed by atoms with Crippen molar-refractivity contribution in [1.29, 1.82) is 0 Å². The van der Waals surface area contributed by atoms with Gasteiger partial charge < -0.3 is 4.42 Å². The molecule has 1 aromatic carbocycles. The minimum Gasteiger partial charge on any atom is -0.464 e. The van der Waals surface area contributed by atoms with E-state index in [1.165, 1.54) is 25.5 Å². The number of hydrogen-bond donors (Lipinski definition) is 1. The second-order valence-electron chi connectivity index (χ2n) is 6.83. The molecule has 2 amide bonds. The first-order chi connectivity index (χ1) is 15.4. The molecule has 1 N–H and O–H groups in total. The highest BCUT2D eigenvalue weighted by Crippen LogP contribution is 2.38. The minimum absolute atomic E-state index is 0.0625. The summed E-state index contributed by atoms with van der Waals surface area (Å²) < 4.78 is 85.6. The second-order valence-corrected chi connectivity index (χ2v) is 6.83. The van der Waals surface area contributed by atoms with Crippen molar-refractivity contribution < 1.29 is 40.3 Å². The van der Waals surface area contributed by atoms with Crippen LogP contribution in [0.1, 0.15) is 33.7 Å². The summed E-state index contributed by atoms with van der Waals surface area (Å²) in [6.45, 7) is 1.03. The zero-order valence-corrected chi connectivity index (χ0v) is 16.8. The van der Waals surface area contributed by atoms with Crippen LogP contribution >= 0.6 is 0 Å². The molecular formula is C21H15F6N3O3. The van der Waals surface area contributed by atoms with Crippen molar-refractivity contribution in [2.24, 2.45) is 0 Å². The number of benzene rings is 1. The van der Waals surface area contributed by atoms with E-state index in [-0.39, 0.29) is 23.8 Å². The van der Waals surface area contributed by atoms with Gasteiger partial charge in [0, 0.05) is 22.9 Å². The Kier molecular flexibility index (Phi) is 6.47. The van der Waals surface area contributed by atoms with E-state index in [4.69, 9.17) is 4.42 Å². The Morgan fingerprint density at radius 2 is 1.88 bits per heavy atom. The van der Waals surface area contributed by atoms with Crippen LogP contribution in [0.2, 0.25) is 0 Å². The third-order valence-electron chi connectivity index (χ3n) is 4.72. The van der Waals surface area contributed by atoms with Gasteiger partial charge in [-0.25, -0.2) is 0 Å². The number of amides is 2.